The van der Waals surface area contributed by atoms with Gasteiger partial charge >= 0.3 is 12.2 Å². The summed E-state index contributed by atoms with van der Waals surface area (Å²) in [6.45, 7) is -0.137. The van der Waals surface area contributed by atoms with Gasteiger partial charge in [-0.25, -0.2) is 4.79 Å². The van der Waals surface area contributed by atoms with Crippen LogP contribution in [0.15, 0.2) is 24.3 Å². The highest BCUT2D eigenvalue weighted by atomic mass is 19.4. The molecule has 2 rings (SSSR count). The summed E-state index contributed by atoms with van der Waals surface area (Å²) in [5.41, 5.74) is 1.21. The number of amides is 2. The van der Waals surface area contributed by atoms with Crippen LogP contribution in [0.25, 0.3) is 0 Å². The van der Waals surface area contributed by atoms with Crippen LogP contribution in [-0.4, -0.2) is 29.7 Å². The number of nitrogens with zero attached hydrogens (tertiary/aromatic N) is 2. The van der Waals surface area contributed by atoms with Crippen LogP contribution in [-0.2, 0) is 6.54 Å². The average Bonchev–Trinajstić information content (AvgIpc) is 2.46. The number of hydrogen-bond acceptors (Lipinski definition) is 2. The zero-order chi connectivity index (χ0) is 16.9. The Morgan fingerprint density at radius 1 is 1.39 bits per heavy atom. The molecule has 1 aliphatic carbocycles. The minimum absolute atomic E-state index is 0.109. The first-order chi connectivity index (χ1) is 10.9. The average molecular weight is 325 g/mol. The Balaban J connectivity index is 1.93. The van der Waals surface area contributed by atoms with Gasteiger partial charge < -0.3 is 10.2 Å². The lowest BCUT2D eigenvalue weighted by atomic mass is 9.91. The molecular formula is C16H18F3N3O. The molecule has 0 aliphatic heterocycles. The van der Waals surface area contributed by atoms with Crippen molar-refractivity contribution in [2.75, 3.05) is 6.54 Å². The molecule has 0 unspecified atom stereocenters. The van der Waals surface area contributed by atoms with Gasteiger partial charge in [0.2, 0.25) is 0 Å². The number of carbonyl (C=O) groups excluding carboxylic acids is 1. The molecule has 1 aliphatic rings. The van der Waals surface area contributed by atoms with Gasteiger partial charge in [-0.15, -0.1) is 0 Å². The first kappa shape index (κ1) is 17.1. The molecule has 0 atom stereocenters. The fourth-order valence-corrected chi connectivity index (χ4v) is 2.43. The number of halogens is 3. The maximum absolute atomic E-state index is 12.4. The number of hydrogen-bond donors (Lipinski definition) is 1. The van der Waals surface area contributed by atoms with Crippen molar-refractivity contribution in [2.24, 2.45) is 0 Å². The van der Waals surface area contributed by atoms with E-state index in [1.54, 1.807) is 24.3 Å². The van der Waals surface area contributed by atoms with Crippen LogP contribution >= 0.6 is 0 Å². The Bertz CT molecular complexity index is 591. The molecule has 0 radical (unpaired) electrons. The van der Waals surface area contributed by atoms with Gasteiger partial charge in [-0.3, -0.25) is 0 Å². The van der Waals surface area contributed by atoms with E-state index in [0.717, 1.165) is 24.8 Å². The van der Waals surface area contributed by atoms with Gasteiger partial charge in [-0.05, 0) is 37.0 Å². The van der Waals surface area contributed by atoms with Crippen LogP contribution in [0.4, 0.5) is 18.0 Å². The van der Waals surface area contributed by atoms with Crippen LogP contribution in [0.2, 0.25) is 0 Å². The molecule has 1 saturated carbocycles. The van der Waals surface area contributed by atoms with E-state index in [1.807, 2.05) is 6.07 Å². The van der Waals surface area contributed by atoms with Gasteiger partial charge in [0, 0.05) is 19.1 Å². The smallest absolute Gasteiger partial charge is 0.334 e. The summed E-state index contributed by atoms with van der Waals surface area (Å²) < 4.78 is 37.2. The normalized spacial score (nSPS) is 14.7. The molecular weight excluding hydrogens is 307 g/mol. The largest absolute Gasteiger partial charge is 0.390 e. The zero-order valence-corrected chi connectivity index (χ0v) is 12.6. The second kappa shape index (κ2) is 7.36. The lowest BCUT2D eigenvalue weighted by Crippen LogP contribution is -2.49. The lowest BCUT2D eigenvalue weighted by Gasteiger charge is -2.37. The summed E-state index contributed by atoms with van der Waals surface area (Å²) in [6, 6.07) is 8.16. The summed E-state index contributed by atoms with van der Waals surface area (Å²) in [5.74, 6) is 0. The molecule has 2 amide bonds. The number of alkyl halides is 3. The first-order valence-electron chi connectivity index (χ1n) is 7.49. The predicted molar refractivity (Wildman–Crippen MR) is 78.4 cm³/mol. The van der Waals surface area contributed by atoms with E-state index in [0.29, 0.717) is 5.56 Å². The fourth-order valence-electron chi connectivity index (χ4n) is 2.43. The van der Waals surface area contributed by atoms with Crippen molar-refractivity contribution < 1.29 is 18.0 Å². The molecule has 0 heterocycles. The third-order valence-corrected chi connectivity index (χ3v) is 3.91. The van der Waals surface area contributed by atoms with E-state index in [4.69, 9.17) is 5.26 Å². The monoisotopic (exact) mass is 325 g/mol. The van der Waals surface area contributed by atoms with Gasteiger partial charge in [-0.2, -0.15) is 18.4 Å². The van der Waals surface area contributed by atoms with Crippen molar-refractivity contribution in [3.8, 4) is 6.07 Å². The molecule has 4 nitrogen and oxygen atoms in total. The second-order valence-corrected chi connectivity index (χ2v) is 5.61. The van der Waals surface area contributed by atoms with E-state index in [1.165, 1.54) is 4.90 Å². The molecule has 0 bridgehead atoms. The van der Waals surface area contributed by atoms with E-state index >= 15 is 0 Å². The van der Waals surface area contributed by atoms with Crippen molar-refractivity contribution in [1.82, 2.24) is 10.2 Å². The van der Waals surface area contributed by atoms with E-state index in [9.17, 15) is 18.0 Å². The summed E-state index contributed by atoms with van der Waals surface area (Å²) in [4.78, 5) is 13.5. The Hall–Kier alpha value is -2.23. The van der Waals surface area contributed by atoms with Gasteiger partial charge in [0.25, 0.3) is 0 Å². The Labute approximate surface area is 132 Å². The minimum Gasteiger partial charge on any atom is -0.334 e. The topological polar surface area (TPSA) is 56.1 Å². The van der Waals surface area contributed by atoms with Gasteiger partial charge in [-0.1, -0.05) is 12.1 Å². The van der Waals surface area contributed by atoms with E-state index in [-0.39, 0.29) is 19.1 Å². The molecule has 1 aromatic carbocycles. The van der Waals surface area contributed by atoms with E-state index < -0.39 is 18.6 Å². The Kier molecular flexibility index (Phi) is 5.48. The first-order valence-corrected chi connectivity index (χ1v) is 7.49. The number of benzene rings is 1. The van der Waals surface area contributed by atoms with Crippen LogP contribution < -0.4 is 5.32 Å². The Morgan fingerprint density at radius 2 is 2.13 bits per heavy atom. The molecule has 1 N–H and O–H groups in total. The molecule has 23 heavy (non-hydrogen) atoms. The quantitative estimate of drug-likeness (QED) is 0.899. The van der Waals surface area contributed by atoms with Crippen LogP contribution in [0.5, 0.6) is 0 Å². The summed E-state index contributed by atoms with van der Waals surface area (Å²) in [5, 5.41) is 11.5. The van der Waals surface area contributed by atoms with Crippen molar-refractivity contribution in [3.63, 3.8) is 0 Å². The molecule has 0 saturated heterocycles. The number of rotatable bonds is 5. The predicted octanol–water partition coefficient (Wildman–Crippen LogP) is 3.57. The maximum Gasteiger partial charge on any atom is 0.390 e. The summed E-state index contributed by atoms with van der Waals surface area (Å²) >= 11 is 0. The SMILES string of the molecule is N#Cc1cccc(CNC(=O)N(CCC(F)(F)F)C2CCC2)c1. The summed E-state index contributed by atoms with van der Waals surface area (Å²) in [6.07, 6.45) is -2.85. The maximum atomic E-state index is 12.4. The highest BCUT2D eigenvalue weighted by Crippen LogP contribution is 2.27. The third-order valence-electron chi connectivity index (χ3n) is 3.91. The summed E-state index contributed by atoms with van der Waals surface area (Å²) in [7, 11) is 0. The molecule has 1 aromatic rings. The van der Waals surface area contributed by atoms with Crippen LogP contribution in [0.3, 0.4) is 0 Å². The molecule has 0 aromatic heterocycles. The molecule has 7 heteroatoms. The van der Waals surface area contributed by atoms with Crippen LogP contribution in [0, 0.1) is 11.3 Å². The second-order valence-electron chi connectivity index (χ2n) is 5.61. The highest BCUT2D eigenvalue weighted by Gasteiger charge is 2.33. The Morgan fingerprint density at radius 3 is 2.70 bits per heavy atom. The minimum atomic E-state index is -4.27. The van der Waals surface area contributed by atoms with Crippen molar-refractivity contribution in [2.45, 2.75) is 44.4 Å². The molecule has 0 spiro atoms. The number of nitriles is 1. The highest BCUT2D eigenvalue weighted by molar-refractivity contribution is 5.74. The van der Waals surface area contributed by atoms with Gasteiger partial charge in [0.05, 0.1) is 18.1 Å². The van der Waals surface area contributed by atoms with Gasteiger partial charge in [0.15, 0.2) is 0 Å². The molecule has 124 valence electrons. The van der Waals surface area contributed by atoms with Crippen molar-refractivity contribution in [3.05, 3.63) is 35.4 Å². The standard InChI is InChI=1S/C16H18F3N3O/c17-16(18,19)7-8-22(14-5-2-6-14)15(23)21-11-13-4-1-3-12(9-13)10-20/h1,3-4,9,14H,2,5-8,11H2,(H,21,23). The van der Waals surface area contributed by atoms with Crippen molar-refractivity contribution in [1.29, 1.82) is 5.26 Å². The number of urea groups is 1. The van der Waals surface area contributed by atoms with Crippen LogP contribution in [0.1, 0.15) is 36.8 Å². The number of carbonyl (C=O) groups is 1. The zero-order valence-electron chi connectivity index (χ0n) is 12.6. The van der Waals surface area contributed by atoms with Gasteiger partial charge in [0.1, 0.15) is 0 Å². The van der Waals surface area contributed by atoms with E-state index in [2.05, 4.69) is 5.32 Å². The lowest BCUT2D eigenvalue weighted by molar-refractivity contribution is -0.137. The fraction of sp³-hybridized carbons (Fsp3) is 0.500. The van der Waals surface area contributed by atoms with Crippen molar-refractivity contribution >= 4 is 6.03 Å². The number of nitrogens with one attached hydrogen (secondary N) is 1. The molecule has 1 fully saturated rings. The third kappa shape index (κ3) is 5.16.